The number of hydrogen-bond donors (Lipinski definition) is 1. The Labute approximate surface area is 88.1 Å². The molecule has 1 saturated carbocycles. The van der Waals surface area contributed by atoms with Gasteiger partial charge in [-0.25, -0.2) is 0 Å². The molecule has 2 nitrogen and oxygen atoms in total. The van der Waals surface area contributed by atoms with Crippen molar-refractivity contribution in [2.24, 2.45) is 11.8 Å². The van der Waals surface area contributed by atoms with Crippen LogP contribution in [0.3, 0.4) is 0 Å². The molecule has 0 bridgehead atoms. The van der Waals surface area contributed by atoms with E-state index >= 15 is 0 Å². The Morgan fingerprint density at radius 2 is 2.07 bits per heavy atom. The summed E-state index contributed by atoms with van der Waals surface area (Å²) < 4.78 is 0. The summed E-state index contributed by atoms with van der Waals surface area (Å²) in [7, 11) is 2.29. The summed E-state index contributed by atoms with van der Waals surface area (Å²) in [5.41, 5.74) is 0. The minimum atomic E-state index is 0.910. The molecule has 0 aromatic heterocycles. The molecular weight excluding hydrogens is 172 g/mol. The highest BCUT2D eigenvalue weighted by molar-refractivity contribution is 4.76. The summed E-state index contributed by atoms with van der Waals surface area (Å²) in [6, 6.07) is 0. The van der Waals surface area contributed by atoms with Crippen molar-refractivity contribution < 1.29 is 0 Å². The summed E-state index contributed by atoms with van der Waals surface area (Å²) in [5.74, 6) is 2.00. The Bertz CT molecular complexity index is 160. The molecule has 0 aromatic rings. The number of nitrogens with one attached hydrogen (secondary N) is 1. The van der Waals surface area contributed by atoms with Crippen molar-refractivity contribution in [3.8, 4) is 0 Å². The average Bonchev–Trinajstić information content (AvgIpc) is 3.00. The van der Waals surface area contributed by atoms with Gasteiger partial charge in [0.25, 0.3) is 0 Å². The van der Waals surface area contributed by atoms with Gasteiger partial charge in [-0.1, -0.05) is 12.8 Å². The highest BCUT2D eigenvalue weighted by atomic mass is 15.1. The monoisotopic (exact) mass is 196 g/mol. The smallest absolute Gasteiger partial charge is 0.00187 e. The van der Waals surface area contributed by atoms with Gasteiger partial charge in [0.05, 0.1) is 0 Å². The van der Waals surface area contributed by atoms with E-state index in [1.807, 2.05) is 0 Å². The first-order valence-electron chi connectivity index (χ1n) is 6.24. The van der Waals surface area contributed by atoms with Crippen LogP contribution < -0.4 is 5.32 Å². The van der Waals surface area contributed by atoms with E-state index in [2.05, 4.69) is 17.3 Å². The molecule has 82 valence electrons. The molecule has 1 unspecified atom stereocenters. The van der Waals surface area contributed by atoms with E-state index in [9.17, 15) is 0 Å². The maximum absolute atomic E-state index is 3.49. The SMILES string of the molecule is CN(CCC1CC1)CC1CCCNC1. The molecule has 1 N–H and O–H groups in total. The van der Waals surface area contributed by atoms with Gasteiger partial charge >= 0.3 is 0 Å². The quantitative estimate of drug-likeness (QED) is 0.720. The van der Waals surface area contributed by atoms with E-state index in [1.54, 1.807) is 0 Å². The molecule has 0 amide bonds. The molecule has 0 radical (unpaired) electrons. The number of piperidine rings is 1. The Kier molecular flexibility index (Phi) is 3.82. The Morgan fingerprint density at radius 3 is 2.71 bits per heavy atom. The summed E-state index contributed by atoms with van der Waals surface area (Å²) >= 11 is 0. The standard InChI is InChI=1S/C12H24N2/c1-14(8-6-11-4-5-11)10-12-3-2-7-13-9-12/h11-13H,2-10H2,1H3. The average molecular weight is 196 g/mol. The zero-order valence-electron chi connectivity index (χ0n) is 9.47. The lowest BCUT2D eigenvalue weighted by Crippen LogP contribution is -2.37. The molecule has 0 aromatic carbocycles. The van der Waals surface area contributed by atoms with Crippen LogP contribution >= 0.6 is 0 Å². The van der Waals surface area contributed by atoms with E-state index in [-0.39, 0.29) is 0 Å². The topological polar surface area (TPSA) is 15.3 Å². The predicted molar refractivity (Wildman–Crippen MR) is 60.4 cm³/mol. The van der Waals surface area contributed by atoms with Crippen molar-refractivity contribution in [2.75, 3.05) is 33.2 Å². The molecule has 1 aliphatic carbocycles. The van der Waals surface area contributed by atoms with Crippen molar-refractivity contribution in [3.63, 3.8) is 0 Å². The molecule has 2 heteroatoms. The van der Waals surface area contributed by atoms with E-state index in [0.717, 1.165) is 11.8 Å². The van der Waals surface area contributed by atoms with Crippen molar-refractivity contribution in [1.82, 2.24) is 10.2 Å². The Hall–Kier alpha value is -0.0800. The van der Waals surface area contributed by atoms with Gasteiger partial charge in [0, 0.05) is 6.54 Å². The fourth-order valence-corrected chi connectivity index (χ4v) is 2.42. The molecule has 0 spiro atoms. The fourth-order valence-electron chi connectivity index (χ4n) is 2.42. The molecule has 1 aliphatic heterocycles. The zero-order valence-corrected chi connectivity index (χ0v) is 9.47. The van der Waals surface area contributed by atoms with Crippen LogP contribution in [0.1, 0.15) is 32.1 Å². The van der Waals surface area contributed by atoms with Crippen LogP contribution in [0.15, 0.2) is 0 Å². The van der Waals surface area contributed by atoms with Crippen molar-refractivity contribution in [2.45, 2.75) is 32.1 Å². The second-order valence-corrected chi connectivity index (χ2v) is 5.21. The lowest BCUT2D eigenvalue weighted by atomic mass is 9.99. The van der Waals surface area contributed by atoms with Crippen molar-refractivity contribution in [3.05, 3.63) is 0 Å². The minimum Gasteiger partial charge on any atom is -0.316 e. The second-order valence-electron chi connectivity index (χ2n) is 5.21. The maximum atomic E-state index is 3.49. The van der Waals surface area contributed by atoms with E-state index in [0.29, 0.717) is 0 Å². The van der Waals surface area contributed by atoms with Gasteiger partial charge in [-0.2, -0.15) is 0 Å². The Morgan fingerprint density at radius 1 is 1.21 bits per heavy atom. The van der Waals surface area contributed by atoms with Gasteiger partial charge in [0.2, 0.25) is 0 Å². The highest BCUT2D eigenvalue weighted by Crippen LogP contribution is 2.32. The van der Waals surface area contributed by atoms with Crippen molar-refractivity contribution in [1.29, 1.82) is 0 Å². The first-order valence-corrected chi connectivity index (χ1v) is 6.24. The van der Waals surface area contributed by atoms with Gasteiger partial charge in [0.1, 0.15) is 0 Å². The Balaban J connectivity index is 1.57. The predicted octanol–water partition coefficient (Wildman–Crippen LogP) is 1.72. The van der Waals surface area contributed by atoms with E-state index in [1.165, 1.54) is 58.3 Å². The third-order valence-corrected chi connectivity index (χ3v) is 3.58. The third-order valence-electron chi connectivity index (χ3n) is 3.58. The lowest BCUT2D eigenvalue weighted by molar-refractivity contribution is 0.238. The van der Waals surface area contributed by atoms with Crippen LogP contribution in [0, 0.1) is 11.8 Å². The molecule has 1 heterocycles. The molecule has 1 saturated heterocycles. The second kappa shape index (κ2) is 5.13. The minimum absolute atomic E-state index is 0.910. The normalized spacial score (nSPS) is 28.3. The summed E-state index contributed by atoms with van der Waals surface area (Å²) in [6.45, 7) is 5.11. The van der Waals surface area contributed by atoms with Gasteiger partial charge in [-0.3, -0.25) is 0 Å². The molecule has 2 fully saturated rings. The summed E-state index contributed by atoms with van der Waals surface area (Å²) in [4.78, 5) is 2.54. The fraction of sp³-hybridized carbons (Fsp3) is 1.00. The lowest BCUT2D eigenvalue weighted by Gasteiger charge is -2.27. The molecule has 2 aliphatic rings. The number of nitrogens with zero attached hydrogens (tertiary/aromatic N) is 1. The number of rotatable bonds is 5. The largest absolute Gasteiger partial charge is 0.316 e. The highest BCUT2D eigenvalue weighted by Gasteiger charge is 2.22. The summed E-state index contributed by atoms with van der Waals surface area (Å²) in [6.07, 6.45) is 7.25. The van der Waals surface area contributed by atoms with Crippen LogP contribution in [0.4, 0.5) is 0 Å². The molecular formula is C12H24N2. The first-order chi connectivity index (χ1) is 6.84. The molecule has 2 rings (SSSR count). The number of hydrogen-bond acceptors (Lipinski definition) is 2. The zero-order chi connectivity index (χ0) is 9.80. The molecule has 14 heavy (non-hydrogen) atoms. The van der Waals surface area contributed by atoms with E-state index < -0.39 is 0 Å². The van der Waals surface area contributed by atoms with Crippen LogP contribution in [0.2, 0.25) is 0 Å². The summed E-state index contributed by atoms with van der Waals surface area (Å²) in [5, 5.41) is 3.49. The van der Waals surface area contributed by atoms with Crippen molar-refractivity contribution >= 4 is 0 Å². The van der Waals surface area contributed by atoms with Crippen LogP contribution in [0.25, 0.3) is 0 Å². The van der Waals surface area contributed by atoms with Gasteiger partial charge < -0.3 is 10.2 Å². The third kappa shape index (κ3) is 3.58. The first kappa shape index (κ1) is 10.4. The van der Waals surface area contributed by atoms with Crippen LogP contribution in [-0.4, -0.2) is 38.1 Å². The van der Waals surface area contributed by atoms with Gasteiger partial charge in [0.15, 0.2) is 0 Å². The van der Waals surface area contributed by atoms with Crippen LogP contribution in [-0.2, 0) is 0 Å². The molecule has 1 atom stereocenters. The van der Waals surface area contributed by atoms with E-state index in [4.69, 9.17) is 0 Å². The van der Waals surface area contributed by atoms with Crippen LogP contribution in [0.5, 0.6) is 0 Å². The maximum Gasteiger partial charge on any atom is 0.00187 e. The van der Waals surface area contributed by atoms with Gasteiger partial charge in [-0.15, -0.1) is 0 Å². The van der Waals surface area contributed by atoms with Gasteiger partial charge in [-0.05, 0) is 57.8 Å².